The Morgan fingerprint density at radius 2 is 2.16 bits per heavy atom. The lowest BCUT2D eigenvalue weighted by molar-refractivity contribution is 0.0624. The minimum absolute atomic E-state index is 0.0189. The number of aliphatic imine (C=N–C) groups is 1. The number of benzene rings is 1. The van der Waals surface area contributed by atoms with Crippen LogP contribution in [0.25, 0.3) is 0 Å². The number of nitrogens with zero attached hydrogens (tertiary/aromatic N) is 1. The van der Waals surface area contributed by atoms with Crippen LogP contribution < -0.4 is 5.32 Å². The summed E-state index contributed by atoms with van der Waals surface area (Å²) in [4.78, 5) is 4.79. The predicted octanol–water partition coefficient (Wildman–Crippen LogP) is 3.65. The number of thioether (sulfide) groups is 1. The highest BCUT2D eigenvalue weighted by Crippen LogP contribution is 2.36. The van der Waals surface area contributed by atoms with Gasteiger partial charge < -0.3 is 10.1 Å². The lowest BCUT2D eigenvalue weighted by Gasteiger charge is -2.29. The molecule has 1 fully saturated rings. The molecule has 2 heterocycles. The number of halogens is 2. The molecule has 0 saturated carbocycles. The van der Waals surface area contributed by atoms with Gasteiger partial charge in [-0.15, -0.1) is 0 Å². The first-order valence-electron chi connectivity index (χ1n) is 6.19. The highest BCUT2D eigenvalue weighted by molar-refractivity contribution is 9.10. The molecule has 1 saturated heterocycles. The molecule has 102 valence electrons. The third-order valence-electron chi connectivity index (χ3n) is 3.41. The van der Waals surface area contributed by atoms with Crippen LogP contribution in [-0.4, -0.2) is 29.7 Å². The van der Waals surface area contributed by atoms with E-state index >= 15 is 0 Å². The summed E-state index contributed by atoms with van der Waals surface area (Å²) in [6.45, 7) is 1.56. The maximum absolute atomic E-state index is 13.2. The quantitative estimate of drug-likeness (QED) is 0.844. The summed E-state index contributed by atoms with van der Waals surface area (Å²) in [5.41, 5.74) is 0.737. The van der Waals surface area contributed by atoms with Gasteiger partial charge in [0, 0.05) is 23.4 Å². The molecular formula is C13H14BrFN2OS. The minimum Gasteiger partial charge on any atom is -0.381 e. The normalized spacial score (nSPS) is 21.5. The van der Waals surface area contributed by atoms with Gasteiger partial charge in [0.05, 0.1) is 11.2 Å². The van der Waals surface area contributed by atoms with E-state index in [0.29, 0.717) is 0 Å². The zero-order valence-corrected chi connectivity index (χ0v) is 12.7. The predicted molar refractivity (Wildman–Crippen MR) is 80.4 cm³/mol. The number of anilines is 1. The average molecular weight is 345 g/mol. The van der Waals surface area contributed by atoms with Gasteiger partial charge in [-0.1, -0.05) is 11.8 Å². The first-order valence-corrected chi connectivity index (χ1v) is 7.97. The lowest BCUT2D eigenvalue weighted by atomic mass is 9.93. The monoisotopic (exact) mass is 344 g/mol. The van der Waals surface area contributed by atoms with Crippen LogP contribution in [-0.2, 0) is 4.74 Å². The molecular weight excluding hydrogens is 331 g/mol. The molecule has 19 heavy (non-hydrogen) atoms. The van der Waals surface area contributed by atoms with Crippen molar-refractivity contribution in [2.75, 3.05) is 24.3 Å². The first-order chi connectivity index (χ1) is 9.17. The lowest BCUT2D eigenvalue weighted by Crippen LogP contribution is -2.34. The van der Waals surface area contributed by atoms with Crippen molar-refractivity contribution in [3.63, 3.8) is 0 Å². The summed E-state index contributed by atoms with van der Waals surface area (Å²) in [6.07, 6.45) is 1.94. The van der Waals surface area contributed by atoms with Gasteiger partial charge in [0.25, 0.3) is 0 Å². The van der Waals surface area contributed by atoms with Gasteiger partial charge in [-0.3, -0.25) is 4.99 Å². The van der Waals surface area contributed by atoms with Crippen molar-refractivity contribution in [1.29, 1.82) is 0 Å². The Kier molecular flexibility index (Phi) is 3.82. The van der Waals surface area contributed by atoms with Crippen molar-refractivity contribution in [2.45, 2.75) is 18.4 Å². The Morgan fingerprint density at radius 1 is 1.37 bits per heavy atom. The van der Waals surface area contributed by atoms with Crippen LogP contribution in [0.15, 0.2) is 27.7 Å². The van der Waals surface area contributed by atoms with Crippen LogP contribution in [0.1, 0.15) is 12.8 Å². The highest BCUT2D eigenvalue weighted by atomic mass is 79.9. The molecule has 0 radical (unpaired) electrons. The zero-order valence-electron chi connectivity index (χ0n) is 10.3. The average Bonchev–Trinajstić information content (AvgIpc) is 2.78. The number of rotatable bonds is 1. The summed E-state index contributed by atoms with van der Waals surface area (Å²) < 4.78 is 19.5. The molecule has 3 nitrogen and oxygen atoms in total. The first kappa shape index (κ1) is 13.4. The summed E-state index contributed by atoms with van der Waals surface area (Å²) in [7, 11) is 0. The van der Waals surface area contributed by atoms with E-state index in [1.807, 2.05) is 0 Å². The van der Waals surface area contributed by atoms with E-state index in [0.717, 1.165) is 47.1 Å². The van der Waals surface area contributed by atoms with Crippen molar-refractivity contribution in [3.05, 3.63) is 28.5 Å². The SMILES string of the molecule is Fc1ccc(Br)c(NC2=NC3(CCOCC3)CS2)c1. The highest BCUT2D eigenvalue weighted by Gasteiger charge is 2.37. The molecule has 1 N–H and O–H groups in total. The molecule has 2 aliphatic heterocycles. The molecule has 0 amide bonds. The number of amidine groups is 1. The fraction of sp³-hybridized carbons (Fsp3) is 0.462. The van der Waals surface area contributed by atoms with Crippen molar-refractivity contribution >= 4 is 38.5 Å². The Balaban J connectivity index is 1.77. The van der Waals surface area contributed by atoms with Crippen LogP contribution in [0.4, 0.5) is 10.1 Å². The largest absolute Gasteiger partial charge is 0.381 e. The smallest absolute Gasteiger partial charge is 0.161 e. The van der Waals surface area contributed by atoms with Gasteiger partial charge in [-0.05, 0) is 47.0 Å². The van der Waals surface area contributed by atoms with E-state index in [2.05, 4.69) is 21.2 Å². The summed E-state index contributed by atoms with van der Waals surface area (Å²) in [6, 6.07) is 4.60. The fourth-order valence-corrected chi connectivity index (χ4v) is 3.81. The second-order valence-corrected chi connectivity index (χ2v) is 6.61. The standard InChI is InChI=1S/C13H14BrFN2OS/c14-10-2-1-9(15)7-11(10)16-12-17-13(8-19-12)3-5-18-6-4-13/h1-2,7H,3-6,8H2,(H,16,17). The third-order valence-corrected chi connectivity index (χ3v) is 5.25. The molecule has 6 heteroatoms. The maximum Gasteiger partial charge on any atom is 0.161 e. The second-order valence-electron chi connectivity index (χ2n) is 4.79. The van der Waals surface area contributed by atoms with E-state index in [1.54, 1.807) is 17.8 Å². The van der Waals surface area contributed by atoms with Crippen LogP contribution in [0.2, 0.25) is 0 Å². The van der Waals surface area contributed by atoms with E-state index in [9.17, 15) is 4.39 Å². The minimum atomic E-state index is -0.255. The molecule has 1 spiro atoms. The summed E-state index contributed by atoms with van der Waals surface area (Å²) >= 11 is 5.11. The topological polar surface area (TPSA) is 33.6 Å². The van der Waals surface area contributed by atoms with Gasteiger partial charge in [-0.2, -0.15) is 0 Å². The summed E-state index contributed by atoms with van der Waals surface area (Å²) in [5.74, 6) is 0.723. The van der Waals surface area contributed by atoms with E-state index < -0.39 is 0 Å². The Bertz CT molecular complexity index is 517. The van der Waals surface area contributed by atoms with Crippen molar-refractivity contribution < 1.29 is 9.13 Å². The van der Waals surface area contributed by atoms with E-state index in [-0.39, 0.29) is 11.4 Å². The van der Waals surface area contributed by atoms with E-state index in [4.69, 9.17) is 9.73 Å². The number of nitrogens with one attached hydrogen (secondary N) is 1. The number of hydrogen-bond donors (Lipinski definition) is 1. The molecule has 0 atom stereocenters. The zero-order chi connectivity index (χ0) is 13.3. The second kappa shape index (κ2) is 5.42. The van der Waals surface area contributed by atoms with Crippen molar-refractivity contribution in [3.8, 4) is 0 Å². The Morgan fingerprint density at radius 3 is 2.95 bits per heavy atom. The van der Waals surface area contributed by atoms with E-state index in [1.165, 1.54) is 12.1 Å². The van der Waals surface area contributed by atoms with Crippen molar-refractivity contribution in [2.24, 2.45) is 4.99 Å². The maximum atomic E-state index is 13.2. The molecule has 3 rings (SSSR count). The number of hydrogen-bond acceptors (Lipinski definition) is 4. The van der Waals surface area contributed by atoms with Gasteiger partial charge in [0.2, 0.25) is 0 Å². The van der Waals surface area contributed by atoms with Gasteiger partial charge in [0.1, 0.15) is 5.82 Å². The molecule has 2 aliphatic rings. The molecule has 0 bridgehead atoms. The molecule has 1 aromatic rings. The van der Waals surface area contributed by atoms with Crippen LogP contribution in [0.3, 0.4) is 0 Å². The summed E-state index contributed by atoms with van der Waals surface area (Å²) in [5, 5.41) is 4.08. The third kappa shape index (κ3) is 2.95. The molecule has 0 unspecified atom stereocenters. The fourth-order valence-electron chi connectivity index (χ4n) is 2.26. The van der Waals surface area contributed by atoms with Crippen LogP contribution in [0.5, 0.6) is 0 Å². The van der Waals surface area contributed by atoms with Gasteiger partial charge >= 0.3 is 0 Å². The van der Waals surface area contributed by atoms with Crippen molar-refractivity contribution in [1.82, 2.24) is 0 Å². The Labute approximate surface area is 124 Å². The van der Waals surface area contributed by atoms with Gasteiger partial charge in [0.15, 0.2) is 5.17 Å². The van der Waals surface area contributed by atoms with Crippen LogP contribution >= 0.6 is 27.7 Å². The number of ether oxygens (including phenoxy) is 1. The molecule has 1 aromatic carbocycles. The van der Waals surface area contributed by atoms with Crippen LogP contribution in [0, 0.1) is 5.82 Å². The van der Waals surface area contributed by atoms with Gasteiger partial charge in [-0.25, -0.2) is 4.39 Å². The molecule has 0 aliphatic carbocycles. The Hall–Kier alpha value is -0.590. The molecule has 0 aromatic heterocycles.